The molecule has 1 unspecified atom stereocenters. The summed E-state index contributed by atoms with van der Waals surface area (Å²) in [7, 11) is 0. The topological polar surface area (TPSA) is 32.3 Å². The normalized spacial score (nSPS) is 27.7. The van der Waals surface area contributed by atoms with Gasteiger partial charge in [0.1, 0.15) is 0 Å². The molecule has 2 N–H and O–H groups in total. The molecule has 1 fully saturated rings. The molecule has 1 spiro atoms. The molecule has 1 atom stereocenters. The van der Waals surface area contributed by atoms with E-state index in [9.17, 15) is 5.11 Å². The fourth-order valence-electron chi connectivity index (χ4n) is 3.33. The molecule has 1 saturated heterocycles. The van der Waals surface area contributed by atoms with E-state index in [1.165, 1.54) is 11.1 Å². The van der Waals surface area contributed by atoms with Crippen molar-refractivity contribution in [3.05, 3.63) is 35.4 Å². The Morgan fingerprint density at radius 2 is 1.88 bits per heavy atom. The van der Waals surface area contributed by atoms with E-state index in [-0.39, 0.29) is 11.5 Å². The molecule has 1 aromatic carbocycles. The number of aliphatic hydroxyl groups is 1. The van der Waals surface area contributed by atoms with Crippen LogP contribution in [-0.4, -0.2) is 18.2 Å². The first-order valence-electron chi connectivity index (χ1n) is 6.28. The van der Waals surface area contributed by atoms with Crippen molar-refractivity contribution in [2.75, 3.05) is 13.1 Å². The molecular formula is C14H19NO. The van der Waals surface area contributed by atoms with Crippen LogP contribution in [0.4, 0.5) is 0 Å². The first-order valence-corrected chi connectivity index (χ1v) is 6.28. The summed E-state index contributed by atoms with van der Waals surface area (Å²) in [5, 5.41) is 14.0. The van der Waals surface area contributed by atoms with Crippen molar-refractivity contribution < 1.29 is 5.11 Å². The number of benzene rings is 1. The summed E-state index contributed by atoms with van der Waals surface area (Å²) in [4.78, 5) is 0. The SMILES string of the molecule is OC1c2ccccc2CCC12CCNCC2. The largest absolute Gasteiger partial charge is 0.388 e. The van der Waals surface area contributed by atoms with Crippen LogP contribution in [0.15, 0.2) is 24.3 Å². The first kappa shape index (κ1) is 10.3. The van der Waals surface area contributed by atoms with Crippen molar-refractivity contribution in [1.82, 2.24) is 5.32 Å². The second-order valence-electron chi connectivity index (χ2n) is 5.21. The summed E-state index contributed by atoms with van der Waals surface area (Å²) in [6, 6.07) is 8.38. The Morgan fingerprint density at radius 1 is 1.12 bits per heavy atom. The Hall–Kier alpha value is -0.860. The second-order valence-corrected chi connectivity index (χ2v) is 5.21. The quantitative estimate of drug-likeness (QED) is 0.697. The number of aliphatic hydroxyl groups excluding tert-OH is 1. The first-order chi connectivity index (χ1) is 7.82. The van der Waals surface area contributed by atoms with Crippen LogP contribution in [0.1, 0.15) is 36.5 Å². The van der Waals surface area contributed by atoms with E-state index in [1.807, 2.05) is 6.07 Å². The van der Waals surface area contributed by atoms with Crippen molar-refractivity contribution in [3.63, 3.8) is 0 Å². The van der Waals surface area contributed by atoms with Gasteiger partial charge >= 0.3 is 0 Å². The van der Waals surface area contributed by atoms with E-state index in [2.05, 4.69) is 23.5 Å². The molecule has 0 saturated carbocycles. The highest BCUT2D eigenvalue weighted by atomic mass is 16.3. The molecule has 0 aromatic heterocycles. The second kappa shape index (κ2) is 3.86. The fraction of sp³-hybridized carbons (Fsp3) is 0.571. The molecule has 16 heavy (non-hydrogen) atoms. The molecule has 0 amide bonds. The maximum Gasteiger partial charge on any atom is 0.0849 e. The lowest BCUT2D eigenvalue weighted by Gasteiger charge is -2.45. The van der Waals surface area contributed by atoms with Gasteiger partial charge in [0.2, 0.25) is 0 Å². The van der Waals surface area contributed by atoms with E-state index < -0.39 is 0 Å². The van der Waals surface area contributed by atoms with Gasteiger partial charge in [-0.2, -0.15) is 0 Å². The van der Waals surface area contributed by atoms with Gasteiger partial charge < -0.3 is 10.4 Å². The van der Waals surface area contributed by atoms with E-state index in [0.29, 0.717) is 0 Å². The van der Waals surface area contributed by atoms with Crippen molar-refractivity contribution >= 4 is 0 Å². The van der Waals surface area contributed by atoms with Crippen LogP contribution >= 0.6 is 0 Å². The zero-order valence-electron chi connectivity index (χ0n) is 9.58. The van der Waals surface area contributed by atoms with E-state index in [4.69, 9.17) is 0 Å². The van der Waals surface area contributed by atoms with Gasteiger partial charge in [-0.05, 0) is 49.9 Å². The lowest BCUT2D eigenvalue weighted by Crippen LogP contribution is -2.43. The maximum atomic E-state index is 10.6. The van der Waals surface area contributed by atoms with Gasteiger partial charge in [0.05, 0.1) is 6.10 Å². The Labute approximate surface area is 96.7 Å². The summed E-state index contributed by atoms with van der Waals surface area (Å²) in [5.74, 6) is 0. The smallest absolute Gasteiger partial charge is 0.0849 e. The van der Waals surface area contributed by atoms with Gasteiger partial charge in [0.15, 0.2) is 0 Å². The third-order valence-electron chi connectivity index (χ3n) is 4.42. The van der Waals surface area contributed by atoms with Crippen molar-refractivity contribution in [3.8, 4) is 0 Å². The third-order valence-corrected chi connectivity index (χ3v) is 4.42. The highest BCUT2D eigenvalue weighted by Crippen LogP contribution is 2.49. The van der Waals surface area contributed by atoms with Crippen LogP contribution in [-0.2, 0) is 6.42 Å². The van der Waals surface area contributed by atoms with E-state index >= 15 is 0 Å². The zero-order valence-corrected chi connectivity index (χ0v) is 9.58. The monoisotopic (exact) mass is 217 g/mol. The van der Waals surface area contributed by atoms with Gasteiger partial charge in [0.25, 0.3) is 0 Å². The maximum absolute atomic E-state index is 10.6. The minimum atomic E-state index is -0.250. The molecule has 1 aliphatic carbocycles. The Balaban J connectivity index is 1.96. The highest BCUT2D eigenvalue weighted by molar-refractivity contribution is 5.33. The number of nitrogens with one attached hydrogen (secondary N) is 1. The number of aryl methyl sites for hydroxylation is 1. The Bertz CT molecular complexity index is 382. The number of hydrogen-bond acceptors (Lipinski definition) is 2. The zero-order chi connectivity index (χ0) is 11.0. The molecule has 2 heteroatoms. The number of rotatable bonds is 0. The molecule has 3 rings (SSSR count). The Kier molecular flexibility index (Phi) is 2.49. The van der Waals surface area contributed by atoms with Crippen molar-refractivity contribution in [2.24, 2.45) is 5.41 Å². The van der Waals surface area contributed by atoms with Crippen LogP contribution in [0.25, 0.3) is 0 Å². The van der Waals surface area contributed by atoms with Crippen LogP contribution in [0.5, 0.6) is 0 Å². The number of piperidine rings is 1. The summed E-state index contributed by atoms with van der Waals surface area (Å²) in [6.07, 6.45) is 4.25. The molecule has 1 heterocycles. The lowest BCUT2D eigenvalue weighted by molar-refractivity contribution is -0.0157. The molecule has 1 aromatic rings. The van der Waals surface area contributed by atoms with Gasteiger partial charge in [0, 0.05) is 5.41 Å². The summed E-state index contributed by atoms with van der Waals surface area (Å²) >= 11 is 0. The predicted octanol–water partition coefficient (Wildman–Crippen LogP) is 2.04. The van der Waals surface area contributed by atoms with Crippen LogP contribution in [0, 0.1) is 5.41 Å². The van der Waals surface area contributed by atoms with Gasteiger partial charge in [-0.15, -0.1) is 0 Å². The highest BCUT2D eigenvalue weighted by Gasteiger charge is 2.42. The van der Waals surface area contributed by atoms with Crippen LogP contribution < -0.4 is 5.32 Å². The minimum Gasteiger partial charge on any atom is -0.388 e. The van der Waals surface area contributed by atoms with Gasteiger partial charge in [-0.25, -0.2) is 0 Å². The lowest BCUT2D eigenvalue weighted by atomic mass is 9.64. The Morgan fingerprint density at radius 3 is 2.69 bits per heavy atom. The molecule has 1 aliphatic heterocycles. The van der Waals surface area contributed by atoms with E-state index in [1.54, 1.807) is 0 Å². The van der Waals surface area contributed by atoms with Crippen LogP contribution in [0.3, 0.4) is 0 Å². The number of hydrogen-bond donors (Lipinski definition) is 2. The van der Waals surface area contributed by atoms with Gasteiger partial charge in [-0.1, -0.05) is 24.3 Å². The summed E-state index contributed by atoms with van der Waals surface area (Å²) in [5.41, 5.74) is 2.68. The minimum absolute atomic E-state index is 0.152. The summed E-state index contributed by atoms with van der Waals surface area (Å²) < 4.78 is 0. The average molecular weight is 217 g/mol. The molecule has 0 bridgehead atoms. The summed E-state index contributed by atoms with van der Waals surface area (Å²) in [6.45, 7) is 2.11. The standard InChI is InChI=1S/C14H19NO/c16-13-12-4-2-1-3-11(12)5-6-14(13)7-9-15-10-8-14/h1-4,13,15-16H,5-10H2. The predicted molar refractivity (Wildman–Crippen MR) is 64.3 cm³/mol. The molecule has 2 nitrogen and oxygen atoms in total. The molecule has 2 aliphatic rings. The molecule has 86 valence electrons. The fourth-order valence-corrected chi connectivity index (χ4v) is 3.33. The number of fused-ring (bicyclic) bond motifs is 1. The average Bonchev–Trinajstić information content (AvgIpc) is 2.36. The molecule has 0 radical (unpaired) electrons. The van der Waals surface area contributed by atoms with Crippen molar-refractivity contribution in [2.45, 2.75) is 31.8 Å². The third kappa shape index (κ3) is 1.48. The molecular weight excluding hydrogens is 198 g/mol. The van der Waals surface area contributed by atoms with Crippen molar-refractivity contribution in [1.29, 1.82) is 0 Å². The van der Waals surface area contributed by atoms with Gasteiger partial charge in [-0.3, -0.25) is 0 Å². The van der Waals surface area contributed by atoms with Crippen LogP contribution in [0.2, 0.25) is 0 Å². The van der Waals surface area contributed by atoms with E-state index in [0.717, 1.165) is 38.8 Å².